The Bertz CT molecular complexity index is 330. The van der Waals surface area contributed by atoms with Gasteiger partial charge < -0.3 is 5.32 Å². The zero-order chi connectivity index (χ0) is 12.7. The molecule has 0 fully saturated rings. The van der Waals surface area contributed by atoms with E-state index in [1.165, 1.54) is 42.4 Å². The van der Waals surface area contributed by atoms with Gasteiger partial charge in [0.2, 0.25) is 0 Å². The molecule has 1 aromatic rings. The van der Waals surface area contributed by atoms with E-state index in [9.17, 15) is 0 Å². The summed E-state index contributed by atoms with van der Waals surface area (Å²) in [5.41, 5.74) is 4.18. The predicted octanol–water partition coefficient (Wildman–Crippen LogP) is 4.53. The molecule has 96 valence electrons. The Kier molecular flexibility index (Phi) is 6.28. The largest absolute Gasteiger partial charge is 0.310 e. The first kappa shape index (κ1) is 14.2. The standard InChI is InChI=1S/C16H27N/c1-5-6-7-8-11-17-15(4)16-10-9-13(2)14(3)12-16/h9-10,12,15,17H,5-8,11H2,1-4H3. The highest BCUT2D eigenvalue weighted by molar-refractivity contribution is 5.31. The van der Waals surface area contributed by atoms with Gasteiger partial charge in [0.1, 0.15) is 0 Å². The monoisotopic (exact) mass is 233 g/mol. The molecular formula is C16H27N. The number of unbranched alkanes of at least 4 members (excludes halogenated alkanes) is 3. The molecule has 0 aliphatic heterocycles. The minimum atomic E-state index is 0.468. The van der Waals surface area contributed by atoms with Crippen LogP contribution >= 0.6 is 0 Å². The Labute approximate surface area is 107 Å². The molecule has 0 spiro atoms. The van der Waals surface area contributed by atoms with Crippen LogP contribution in [0.25, 0.3) is 0 Å². The first-order valence-corrected chi connectivity index (χ1v) is 6.95. The van der Waals surface area contributed by atoms with Gasteiger partial charge in [0, 0.05) is 6.04 Å². The molecule has 1 unspecified atom stereocenters. The van der Waals surface area contributed by atoms with Crippen LogP contribution in [0.1, 0.15) is 62.3 Å². The average Bonchev–Trinajstić information content (AvgIpc) is 2.32. The summed E-state index contributed by atoms with van der Waals surface area (Å²) >= 11 is 0. The number of hydrogen-bond donors (Lipinski definition) is 1. The molecule has 0 aromatic heterocycles. The van der Waals surface area contributed by atoms with E-state index in [0.717, 1.165) is 6.54 Å². The van der Waals surface area contributed by atoms with E-state index in [2.05, 4.69) is 51.2 Å². The van der Waals surface area contributed by atoms with E-state index in [-0.39, 0.29) is 0 Å². The smallest absolute Gasteiger partial charge is 0.0291 e. The van der Waals surface area contributed by atoms with Gasteiger partial charge in [-0.3, -0.25) is 0 Å². The number of aryl methyl sites for hydroxylation is 2. The summed E-state index contributed by atoms with van der Waals surface area (Å²) in [6.45, 7) is 10.00. The van der Waals surface area contributed by atoms with Gasteiger partial charge in [-0.05, 0) is 50.4 Å². The molecule has 1 rings (SSSR count). The Morgan fingerprint density at radius 1 is 1.06 bits per heavy atom. The van der Waals surface area contributed by atoms with Crippen molar-refractivity contribution in [2.75, 3.05) is 6.54 Å². The van der Waals surface area contributed by atoms with Crippen molar-refractivity contribution in [1.82, 2.24) is 5.32 Å². The Balaban J connectivity index is 2.36. The average molecular weight is 233 g/mol. The first-order chi connectivity index (χ1) is 8.15. The van der Waals surface area contributed by atoms with Crippen LogP contribution in [-0.4, -0.2) is 6.54 Å². The zero-order valence-electron chi connectivity index (χ0n) is 11.8. The van der Waals surface area contributed by atoms with E-state index in [0.29, 0.717) is 6.04 Å². The van der Waals surface area contributed by atoms with Gasteiger partial charge in [-0.2, -0.15) is 0 Å². The van der Waals surface area contributed by atoms with Crippen LogP contribution < -0.4 is 5.32 Å². The van der Waals surface area contributed by atoms with Crippen molar-refractivity contribution in [3.8, 4) is 0 Å². The molecule has 0 saturated heterocycles. The third kappa shape index (κ3) is 4.91. The second-order valence-electron chi connectivity index (χ2n) is 5.08. The van der Waals surface area contributed by atoms with Crippen LogP contribution in [0.2, 0.25) is 0 Å². The maximum Gasteiger partial charge on any atom is 0.0291 e. The van der Waals surface area contributed by atoms with Crippen LogP contribution in [0, 0.1) is 13.8 Å². The number of nitrogens with one attached hydrogen (secondary N) is 1. The molecule has 0 amide bonds. The molecule has 0 bridgehead atoms. The van der Waals surface area contributed by atoms with Crippen molar-refractivity contribution in [2.45, 2.75) is 59.4 Å². The van der Waals surface area contributed by atoms with Gasteiger partial charge in [-0.15, -0.1) is 0 Å². The second-order valence-corrected chi connectivity index (χ2v) is 5.08. The van der Waals surface area contributed by atoms with Crippen molar-refractivity contribution in [3.63, 3.8) is 0 Å². The van der Waals surface area contributed by atoms with Crippen molar-refractivity contribution in [1.29, 1.82) is 0 Å². The molecule has 1 nitrogen and oxygen atoms in total. The fourth-order valence-corrected chi connectivity index (χ4v) is 2.02. The summed E-state index contributed by atoms with van der Waals surface area (Å²) < 4.78 is 0. The summed E-state index contributed by atoms with van der Waals surface area (Å²) in [6, 6.07) is 7.24. The molecule has 0 aliphatic carbocycles. The maximum atomic E-state index is 3.60. The van der Waals surface area contributed by atoms with E-state index < -0.39 is 0 Å². The Morgan fingerprint density at radius 3 is 2.47 bits per heavy atom. The Hall–Kier alpha value is -0.820. The van der Waals surface area contributed by atoms with Gasteiger partial charge in [0.15, 0.2) is 0 Å². The lowest BCUT2D eigenvalue weighted by molar-refractivity contribution is 0.536. The number of hydrogen-bond acceptors (Lipinski definition) is 1. The minimum absolute atomic E-state index is 0.468. The Morgan fingerprint density at radius 2 is 1.82 bits per heavy atom. The summed E-state index contributed by atoms with van der Waals surface area (Å²) in [5, 5.41) is 3.60. The molecule has 1 heteroatoms. The van der Waals surface area contributed by atoms with Gasteiger partial charge in [0.25, 0.3) is 0 Å². The fraction of sp³-hybridized carbons (Fsp3) is 0.625. The highest BCUT2D eigenvalue weighted by atomic mass is 14.9. The van der Waals surface area contributed by atoms with Crippen molar-refractivity contribution < 1.29 is 0 Å². The maximum absolute atomic E-state index is 3.60. The van der Waals surface area contributed by atoms with Gasteiger partial charge in [0.05, 0.1) is 0 Å². The first-order valence-electron chi connectivity index (χ1n) is 6.95. The third-order valence-electron chi connectivity index (χ3n) is 3.51. The molecule has 0 aliphatic rings. The predicted molar refractivity (Wildman–Crippen MR) is 76.5 cm³/mol. The van der Waals surface area contributed by atoms with Crippen molar-refractivity contribution in [3.05, 3.63) is 34.9 Å². The van der Waals surface area contributed by atoms with Crippen LogP contribution in [-0.2, 0) is 0 Å². The van der Waals surface area contributed by atoms with Crippen LogP contribution in [0.15, 0.2) is 18.2 Å². The third-order valence-corrected chi connectivity index (χ3v) is 3.51. The molecule has 1 aromatic carbocycles. The van der Waals surface area contributed by atoms with E-state index in [1.54, 1.807) is 0 Å². The summed E-state index contributed by atoms with van der Waals surface area (Å²) in [4.78, 5) is 0. The molecule has 1 atom stereocenters. The van der Waals surface area contributed by atoms with E-state index in [4.69, 9.17) is 0 Å². The topological polar surface area (TPSA) is 12.0 Å². The number of benzene rings is 1. The van der Waals surface area contributed by atoms with Gasteiger partial charge >= 0.3 is 0 Å². The molecule has 0 radical (unpaired) electrons. The number of rotatable bonds is 7. The molecule has 0 heterocycles. The summed E-state index contributed by atoms with van der Waals surface area (Å²) in [5.74, 6) is 0. The van der Waals surface area contributed by atoms with Gasteiger partial charge in [-0.25, -0.2) is 0 Å². The van der Waals surface area contributed by atoms with Crippen molar-refractivity contribution >= 4 is 0 Å². The summed E-state index contributed by atoms with van der Waals surface area (Å²) in [7, 11) is 0. The van der Waals surface area contributed by atoms with Crippen LogP contribution in [0.5, 0.6) is 0 Å². The molecule has 0 saturated carbocycles. The van der Waals surface area contributed by atoms with Crippen LogP contribution in [0.4, 0.5) is 0 Å². The highest BCUT2D eigenvalue weighted by Crippen LogP contribution is 2.16. The molecular weight excluding hydrogens is 206 g/mol. The normalized spacial score (nSPS) is 12.7. The van der Waals surface area contributed by atoms with Crippen molar-refractivity contribution in [2.24, 2.45) is 0 Å². The van der Waals surface area contributed by atoms with E-state index >= 15 is 0 Å². The highest BCUT2D eigenvalue weighted by Gasteiger charge is 2.05. The van der Waals surface area contributed by atoms with Crippen LogP contribution in [0.3, 0.4) is 0 Å². The van der Waals surface area contributed by atoms with Gasteiger partial charge in [-0.1, -0.05) is 44.4 Å². The fourth-order valence-electron chi connectivity index (χ4n) is 2.02. The zero-order valence-corrected chi connectivity index (χ0v) is 11.8. The molecule has 1 N–H and O–H groups in total. The minimum Gasteiger partial charge on any atom is -0.310 e. The molecule has 17 heavy (non-hydrogen) atoms. The lowest BCUT2D eigenvalue weighted by atomic mass is 10.0. The quantitative estimate of drug-likeness (QED) is 0.682. The second kappa shape index (κ2) is 7.50. The van der Waals surface area contributed by atoms with E-state index in [1.807, 2.05) is 0 Å². The lowest BCUT2D eigenvalue weighted by Crippen LogP contribution is -2.19. The summed E-state index contributed by atoms with van der Waals surface area (Å²) in [6.07, 6.45) is 5.32. The SMILES string of the molecule is CCCCCCNC(C)c1ccc(C)c(C)c1. The lowest BCUT2D eigenvalue weighted by Gasteiger charge is -2.15.